The fourth-order valence-electron chi connectivity index (χ4n) is 4.04. The maximum atomic E-state index is 12.4. The van der Waals surface area contributed by atoms with Gasteiger partial charge in [-0.1, -0.05) is 6.07 Å². The maximum absolute atomic E-state index is 12.4. The third-order valence-electron chi connectivity index (χ3n) is 5.67. The highest BCUT2D eigenvalue weighted by Gasteiger charge is 2.17. The van der Waals surface area contributed by atoms with Crippen molar-refractivity contribution in [3.8, 4) is 17.3 Å². The molecular formula is C28H21N7O. The number of nitrogens with zero attached hydrogens (tertiary/aromatic N) is 4. The standard InChI is InChI=1S/C28H21N7O/c1-17-13-19(7-10-31-17)34-20-8-11-33-26(15-20)27-21(28(30)36)3-2-4-25(27)35-24-9-12-32-23-6-5-18(16-29)14-22(23)24/h2-15H,1H3,(H2,30,36)(H,32,35)(H,31,33,34). The van der Waals surface area contributed by atoms with Crippen LogP contribution in [0.4, 0.5) is 22.7 Å². The molecule has 5 aromatic rings. The van der Waals surface area contributed by atoms with Crippen molar-refractivity contribution >= 4 is 39.6 Å². The van der Waals surface area contributed by atoms with Gasteiger partial charge in [0.2, 0.25) is 5.91 Å². The number of aromatic nitrogens is 3. The number of primary amides is 1. The van der Waals surface area contributed by atoms with Crippen molar-refractivity contribution in [1.29, 1.82) is 5.26 Å². The van der Waals surface area contributed by atoms with E-state index < -0.39 is 5.91 Å². The molecule has 3 heterocycles. The smallest absolute Gasteiger partial charge is 0.249 e. The normalized spacial score (nSPS) is 10.6. The van der Waals surface area contributed by atoms with Crippen LogP contribution in [0, 0.1) is 18.3 Å². The van der Waals surface area contributed by atoms with Crippen LogP contribution >= 0.6 is 0 Å². The highest BCUT2D eigenvalue weighted by Crippen LogP contribution is 2.35. The lowest BCUT2D eigenvalue weighted by atomic mass is 10.00. The van der Waals surface area contributed by atoms with Crippen LogP contribution in [0.15, 0.2) is 85.3 Å². The molecule has 0 aliphatic rings. The first kappa shape index (κ1) is 22.5. The van der Waals surface area contributed by atoms with E-state index in [1.807, 2.05) is 43.3 Å². The third kappa shape index (κ3) is 4.54. The molecular weight excluding hydrogens is 450 g/mol. The van der Waals surface area contributed by atoms with Crippen LogP contribution in [0.2, 0.25) is 0 Å². The Hall–Kier alpha value is -5.29. The molecule has 174 valence electrons. The van der Waals surface area contributed by atoms with Gasteiger partial charge in [-0.25, -0.2) is 0 Å². The average molecular weight is 472 g/mol. The van der Waals surface area contributed by atoms with Gasteiger partial charge < -0.3 is 16.4 Å². The number of carbonyl (C=O) groups excluding carboxylic acids is 1. The molecule has 0 radical (unpaired) electrons. The van der Waals surface area contributed by atoms with E-state index in [1.54, 1.807) is 48.9 Å². The SMILES string of the molecule is Cc1cc(Nc2ccnc(-c3c(Nc4ccnc5ccc(C#N)cc45)cccc3C(N)=O)c2)ccn1. The highest BCUT2D eigenvalue weighted by atomic mass is 16.1. The molecule has 0 saturated heterocycles. The second-order valence-corrected chi connectivity index (χ2v) is 8.16. The second kappa shape index (κ2) is 9.52. The maximum Gasteiger partial charge on any atom is 0.249 e. The average Bonchev–Trinajstić information content (AvgIpc) is 2.88. The first-order valence-corrected chi connectivity index (χ1v) is 11.2. The molecule has 8 heteroatoms. The number of nitrogens with one attached hydrogen (secondary N) is 2. The number of rotatable bonds is 6. The minimum absolute atomic E-state index is 0.334. The van der Waals surface area contributed by atoms with Gasteiger partial charge in [-0.05, 0) is 67.6 Å². The van der Waals surface area contributed by atoms with Crippen molar-refractivity contribution < 1.29 is 4.79 Å². The van der Waals surface area contributed by atoms with Crippen molar-refractivity contribution in [3.05, 3.63) is 102 Å². The number of aryl methyl sites for hydroxylation is 1. The number of amides is 1. The number of hydrogen-bond donors (Lipinski definition) is 3. The van der Waals surface area contributed by atoms with E-state index in [-0.39, 0.29) is 0 Å². The lowest BCUT2D eigenvalue weighted by Crippen LogP contribution is -2.13. The third-order valence-corrected chi connectivity index (χ3v) is 5.67. The summed E-state index contributed by atoms with van der Waals surface area (Å²) in [5.41, 5.74) is 12.5. The number of carbonyl (C=O) groups is 1. The first-order valence-electron chi connectivity index (χ1n) is 11.2. The van der Waals surface area contributed by atoms with E-state index in [0.717, 1.165) is 33.7 Å². The molecule has 0 aliphatic carbocycles. The molecule has 5 rings (SSSR count). The van der Waals surface area contributed by atoms with Crippen molar-refractivity contribution in [2.45, 2.75) is 6.92 Å². The largest absolute Gasteiger partial charge is 0.366 e. The molecule has 0 bridgehead atoms. The Balaban J connectivity index is 1.60. The molecule has 0 atom stereocenters. The molecule has 0 saturated carbocycles. The lowest BCUT2D eigenvalue weighted by Gasteiger charge is -2.17. The molecule has 1 amide bonds. The van der Waals surface area contributed by atoms with E-state index in [2.05, 4.69) is 31.7 Å². The van der Waals surface area contributed by atoms with E-state index >= 15 is 0 Å². The molecule has 0 aliphatic heterocycles. The Morgan fingerprint density at radius 3 is 2.42 bits per heavy atom. The molecule has 4 N–H and O–H groups in total. The van der Waals surface area contributed by atoms with Gasteiger partial charge in [-0.15, -0.1) is 0 Å². The van der Waals surface area contributed by atoms with Crippen LogP contribution in [-0.2, 0) is 0 Å². The summed E-state index contributed by atoms with van der Waals surface area (Å²) < 4.78 is 0. The number of nitriles is 1. The van der Waals surface area contributed by atoms with Gasteiger partial charge in [0.05, 0.1) is 28.4 Å². The Labute approximate surface area is 207 Å². The minimum atomic E-state index is -0.565. The van der Waals surface area contributed by atoms with E-state index in [1.165, 1.54) is 0 Å². The fraction of sp³-hybridized carbons (Fsp3) is 0.0357. The van der Waals surface area contributed by atoms with Gasteiger partial charge in [0.1, 0.15) is 0 Å². The summed E-state index contributed by atoms with van der Waals surface area (Å²) in [6.45, 7) is 1.92. The number of anilines is 4. The monoisotopic (exact) mass is 471 g/mol. The van der Waals surface area contributed by atoms with Crippen LogP contribution in [0.5, 0.6) is 0 Å². The van der Waals surface area contributed by atoms with Crippen molar-refractivity contribution in [2.75, 3.05) is 10.6 Å². The quantitative estimate of drug-likeness (QED) is 0.300. The van der Waals surface area contributed by atoms with E-state index in [9.17, 15) is 10.1 Å². The predicted molar refractivity (Wildman–Crippen MR) is 140 cm³/mol. The minimum Gasteiger partial charge on any atom is -0.366 e. The van der Waals surface area contributed by atoms with Gasteiger partial charge in [0.25, 0.3) is 0 Å². The molecule has 2 aromatic carbocycles. The second-order valence-electron chi connectivity index (χ2n) is 8.16. The van der Waals surface area contributed by atoms with Crippen molar-refractivity contribution in [3.63, 3.8) is 0 Å². The number of hydrogen-bond acceptors (Lipinski definition) is 7. The number of fused-ring (bicyclic) bond motifs is 1. The van der Waals surface area contributed by atoms with Gasteiger partial charge in [0.15, 0.2) is 0 Å². The summed E-state index contributed by atoms with van der Waals surface area (Å²) in [4.78, 5) is 25.6. The summed E-state index contributed by atoms with van der Waals surface area (Å²) in [7, 11) is 0. The Morgan fingerprint density at radius 2 is 1.64 bits per heavy atom. The summed E-state index contributed by atoms with van der Waals surface area (Å²) in [5, 5.41) is 16.9. The molecule has 3 aromatic heterocycles. The Kier molecular flexibility index (Phi) is 5.95. The Morgan fingerprint density at radius 1 is 0.861 bits per heavy atom. The zero-order valence-corrected chi connectivity index (χ0v) is 19.4. The molecule has 0 unspecified atom stereocenters. The van der Waals surface area contributed by atoms with Gasteiger partial charge in [0, 0.05) is 58.0 Å². The summed E-state index contributed by atoms with van der Waals surface area (Å²) >= 11 is 0. The lowest BCUT2D eigenvalue weighted by molar-refractivity contribution is 0.100. The number of benzene rings is 2. The van der Waals surface area contributed by atoms with Crippen molar-refractivity contribution in [2.24, 2.45) is 5.73 Å². The van der Waals surface area contributed by atoms with Gasteiger partial charge in [-0.2, -0.15) is 5.26 Å². The van der Waals surface area contributed by atoms with Crippen LogP contribution in [0.25, 0.3) is 22.2 Å². The first-order chi connectivity index (χ1) is 17.5. The summed E-state index contributed by atoms with van der Waals surface area (Å²) in [6.07, 6.45) is 5.10. The topological polar surface area (TPSA) is 130 Å². The van der Waals surface area contributed by atoms with Crippen molar-refractivity contribution in [1.82, 2.24) is 15.0 Å². The van der Waals surface area contributed by atoms with Crippen LogP contribution in [0.1, 0.15) is 21.6 Å². The zero-order valence-electron chi connectivity index (χ0n) is 19.4. The molecule has 0 fully saturated rings. The molecule has 0 spiro atoms. The van der Waals surface area contributed by atoms with Crippen LogP contribution in [0.3, 0.4) is 0 Å². The number of nitrogens with two attached hydrogens (primary N) is 1. The van der Waals surface area contributed by atoms with E-state index in [0.29, 0.717) is 28.1 Å². The van der Waals surface area contributed by atoms with Crippen LogP contribution < -0.4 is 16.4 Å². The molecule has 36 heavy (non-hydrogen) atoms. The van der Waals surface area contributed by atoms with Gasteiger partial charge in [-0.3, -0.25) is 19.7 Å². The van der Waals surface area contributed by atoms with E-state index in [4.69, 9.17) is 5.73 Å². The summed E-state index contributed by atoms with van der Waals surface area (Å²) in [5.74, 6) is -0.565. The number of pyridine rings is 3. The van der Waals surface area contributed by atoms with Gasteiger partial charge >= 0.3 is 0 Å². The highest BCUT2D eigenvalue weighted by molar-refractivity contribution is 6.04. The summed E-state index contributed by atoms with van der Waals surface area (Å²) in [6, 6.07) is 22.1. The molecule has 8 nitrogen and oxygen atoms in total. The van der Waals surface area contributed by atoms with Crippen LogP contribution in [-0.4, -0.2) is 20.9 Å². The Bertz CT molecular complexity index is 1660. The fourth-order valence-corrected chi connectivity index (χ4v) is 4.04. The zero-order chi connectivity index (χ0) is 25.1. The predicted octanol–water partition coefficient (Wildman–Crippen LogP) is 5.46.